The predicted molar refractivity (Wildman–Crippen MR) is 195 cm³/mol. The van der Waals surface area contributed by atoms with Gasteiger partial charge < -0.3 is 26.2 Å². The molecule has 1 aromatic heterocycles. The average Bonchev–Trinajstić information content (AvgIpc) is 3.46. The third kappa shape index (κ3) is 8.21. The third-order valence-corrected chi connectivity index (χ3v) is 11.1. The molecule has 4 aromatic carbocycles. The first kappa shape index (κ1) is 38.6. The molecule has 0 aliphatic carbocycles. The minimum atomic E-state index is -4.88. The molecule has 278 valence electrons. The van der Waals surface area contributed by atoms with Crippen LogP contribution >= 0.6 is 0 Å². The van der Waals surface area contributed by atoms with Crippen LogP contribution in [0.15, 0.2) is 130 Å². The Kier molecular flexibility index (Phi) is 10.6. The normalized spacial score (nSPS) is 11.6. The fourth-order valence-corrected chi connectivity index (χ4v) is 6.94. The maximum absolute atomic E-state index is 13.5. The maximum atomic E-state index is 13.5. The maximum Gasteiger partial charge on any atom is 0.358 e. The molecule has 17 nitrogen and oxygen atoms in total. The number of anilines is 4. The first-order valence-corrected chi connectivity index (χ1v) is 19.5. The number of carboxylic acids is 1. The number of benzene rings is 4. The monoisotopic (exact) mass is 793 g/mol. The Bertz CT molecular complexity index is 2580. The van der Waals surface area contributed by atoms with E-state index in [1.54, 1.807) is 0 Å². The summed E-state index contributed by atoms with van der Waals surface area (Å²) in [5.74, 6) is -4.28. The summed E-state index contributed by atoms with van der Waals surface area (Å²) in [6.07, 6.45) is 0. The van der Waals surface area contributed by atoms with E-state index in [4.69, 9.17) is 0 Å². The largest absolute Gasteiger partial charge is 0.492 e. The number of nitrogens with zero attached hydrogens (tertiary/aromatic N) is 2. The number of aromatic nitrogens is 2. The number of amides is 2. The van der Waals surface area contributed by atoms with Crippen LogP contribution in [0.3, 0.4) is 0 Å². The molecule has 0 aliphatic heterocycles. The molecule has 1 heterocycles. The number of carbonyl (C=O) groups excluding carboxylic acids is 2. The third-order valence-electron chi connectivity index (χ3n) is 7.48. The molecule has 0 fully saturated rings. The molecule has 0 bridgehead atoms. The summed E-state index contributed by atoms with van der Waals surface area (Å²) in [6.45, 7) is 6.52. The van der Waals surface area contributed by atoms with Crippen molar-refractivity contribution in [1.29, 1.82) is 0 Å². The summed E-state index contributed by atoms with van der Waals surface area (Å²) >= 11 is 0. The van der Waals surface area contributed by atoms with E-state index >= 15 is 0 Å². The van der Waals surface area contributed by atoms with Gasteiger partial charge in [-0.2, -0.15) is 18.2 Å². The van der Waals surface area contributed by atoms with Gasteiger partial charge in [-0.3, -0.25) is 14.1 Å². The van der Waals surface area contributed by atoms with E-state index in [0.29, 0.717) is 4.68 Å². The summed E-state index contributed by atoms with van der Waals surface area (Å²) in [7, 11) is -12.4. The van der Waals surface area contributed by atoms with Crippen molar-refractivity contribution in [3.8, 4) is 11.6 Å². The van der Waals surface area contributed by atoms with Crippen LogP contribution in [0.1, 0.15) is 31.2 Å². The van der Waals surface area contributed by atoms with E-state index in [-0.39, 0.29) is 38.0 Å². The predicted octanol–water partition coefficient (Wildman–Crippen LogP) is 4.61. The molecule has 20 heteroatoms. The topological polar surface area (TPSA) is 268 Å². The number of aromatic hydroxyl groups is 1. The highest BCUT2D eigenvalue weighted by atomic mass is 32.2. The van der Waals surface area contributed by atoms with Crippen LogP contribution in [0.25, 0.3) is 5.69 Å². The summed E-state index contributed by atoms with van der Waals surface area (Å²) in [6, 6.07) is 18.3. The molecule has 0 radical (unpaired) electrons. The molecule has 2 amide bonds. The molecule has 5 rings (SSSR count). The smallest absolute Gasteiger partial charge is 0.358 e. The summed E-state index contributed by atoms with van der Waals surface area (Å²) in [5.41, 5.74) is -2.13. The van der Waals surface area contributed by atoms with Crippen LogP contribution in [0.2, 0.25) is 0 Å². The molecular weight excluding hydrogens is 767 g/mol. The second-order valence-corrected chi connectivity index (χ2v) is 16.2. The average molecular weight is 794 g/mol. The number of aromatic carboxylic acids is 1. The number of nitrogens with one attached hydrogen (secondary N) is 3. The van der Waals surface area contributed by atoms with Gasteiger partial charge in [0.1, 0.15) is 10.6 Å². The zero-order valence-corrected chi connectivity index (χ0v) is 29.8. The fourth-order valence-electron chi connectivity index (χ4n) is 4.85. The SMILES string of the molecule is C=CS(=O)(=O)c1ccc(NC(=O)c2cc(Nc3c(C(=O)O)nn(-c4ccccc4S(=O)(=O)O)c3O)cc(C(=O)Nc3ccc(S(=O)(=O)C=C)cc3)c2)cc1. The van der Waals surface area contributed by atoms with Crippen LogP contribution in [0.5, 0.6) is 5.88 Å². The van der Waals surface area contributed by atoms with Gasteiger partial charge in [0.25, 0.3) is 21.9 Å². The summed E-state index contributed by atoms with van der Waals surface area (Å²) < 4.78 is 82.7. The van der Waals surface area contributed by atoms with Crippen LogP contribution in [0.4, 0.5) is 22.7 Å². The van der Waals surface area contributed by atoms with Crippen molar-refractivity contribution in [2.75, 3.05) is 16.0 Å². The Morgan fingerprint density at radius 2 is 1.15 bits per heavy atom. The highest BCUT2D eigenvalue weighted by molar-refractivity contribution is 7.94. The van der Waals surface area contributed by atoms with Crippen molar-refractivity contribution in [3.05, 3.63) is 132 Å². The molecular formula is C34H27N5O12S3. The fraction of sp³-hybridized carbons (Fsp3) is 0. The van der Waals surface area contributed by atoms with E-state index in [2.05, 4.69) is 34.2 Å². The Balaban J connectivity index is 1.57. The van der Waals surface area contributed by atoms with Crippen LogP contribution in [0, 0.1) is 0 Å². The van der Waals surface area contributed by atoms with Gasteiger partial charge in [-0.05, 0) is 78.9 Å². The first-order chi connectivity index (χ1) is 25.3. The van der Waals surface area contributed by atoms with Crippen LogP contribution in [-0.4, -0.2) is 67.6 Å². The van der Waals surface area contributed by atoms with Crippen molar-refractivity contribution in [1.82, 2.24) is 9.78 Å². The lowest BCUT2D eigenvalue weighted by Gasteiger charge is -2.13. The molecule has 54 heavy (non-hydrogen) atoms. The Hall–Kier alpha value is -6.61. The van der Waals surface area contributed by atoms with Crippen LogP contribution in [-0.2, 0) is 29.8 Å². The van der Waals surface area contributed by atoms with Gasteiger partial charge in [-0.25, -0.2) is 21.6 Å². The molecule has 0 unspecified atom stereocenters. The first-order valence-electron chi connectivity index (χ1n) is 15.0. The van der Waals surface area contributed by atoms with E-state index in [1.165, 1.54) is 72.8 Å². The van der Waals surface area contributed by atoms with Crippen LogP contribution < -0.4 is 16.0 Å². The second-order valence-electron chi connectivity index (χ2n) is 11.0. The van der Waals surface area contributed by atoms with Gasteiger partial charge >= 0.3 is 5.97 Å². The van der Waals surface area contributed by atoms with E-state index < -0.39 is 75.4 Å². The second kappa shape index (κ2) is 14.8. The lowest BCUT2D eigenvalue weighted by atomic mass is 10.1. The van der Waals surface area contributed by atoms with Gasteiger partial charge in [0, 0.05) is 39.0 Å². The van der Waals surface area contributed by atoms with E-state index in [0.717, 1.165) is 29.0 Å². The zero-order valence-electron chi connectivity index (χ0n) is 27.4. The van der Waals surface area contributed by atoms with Gasteiger partial charge in [0.15, 0.2) is 25.4 Å². The minimum Gasteiger partial charge on any atom is -0.492 e. The lowest BCUT2D eigenvalue weighted by Crippen LogP contribution is -2.16. The van der Waals surface area contributed by atoms with Gasteiger partial charge in [0.05, 0.1) is 15.5 Å². The molecule has 5 aromatic rings. The molecule has 6 N–H and O–H groups in total. The summed E-state index contributed by atoms with van der Waals surface area (Å²) in [5, 5.41) is 34.1. The number of carboxylic acid groups (broad SMARTS) is 1. The summed E-state index contributed by atoms with van der Waals surface area (Å²) in [4.78, 5) is 38.4. The van der Waals surface area contributed by atoms with Crippen molar-refractivity contribution < 1.29 is 54.4 Å². The van der Waals surface area contributed by atoms with Crippen molar-refractivity contribution >= 4 is 70.3 Å². The van der Waals surface area contributed by atoms with Crippen molar-refractivity contribution in [2.24, 2.45) is 0 Å². The van der Waals surface area contributed by atoms with Gasteiger partial charge in [-0.15, -0.1) is 0 Å². The Morgan fingerprint density at radius 3 is 1.57 bits per heavy atom. The zero-order chi connectivity index (χ0) is 39.6. The molecule has 0 atom stereocenters. The van der Waals surface area contributed by atoms with Crippen molar-refractivity contribution in [3.63, 3.8) is 0 Å². The molecule has 0 saturated carbocycles. The Labute approximate surface area is 307 Å². The quantitative estimate of drug-likeness (QED) is 0.0890. The number of carbonyl (C=O) groups is 3. The molecule has 0 saturated heterocycles. The Morgan fingerprint density at radius 1 is 0.685 bits per heavy atom. The molecule has 0 spiro atoms. The highest BCUT2D eigenvalue weighted by Crippen LogP contribution is 2.35. The number of hydrogen-bond acceptors (Lipinski definition) is 12. The lowest BCUT2D eigenvalue weighted by molar-refractivity contribution is 0.0690. The molecule has 0 aliphatic rings. The van der Waals surface area contributed by atoms with Crippen molar-refractivity contribution in [2.45, 2.75) is 14.7 Å². The van der Waals surface area contributed by atoms with E-state index in [1.807, 2.05) is 0 Å². The number of sulfone groups is 2. The standard InChI is InChI=1S/C34H27N5O12S3/c1-3-52(45,46)25-13-9-22(10-14-25)36-31(40)20-17-21(32(41)37-23-11-15-26(16-12-23)53(47,48)4-2)19-24(18-20)35-29-30(34(43)44)38-39(33(29)42)27-7-5-6-8-28(27)54(49,50)51/h3-19,35,42H,1-2H2,(H,36,40)(H,37,41)(H,43,44)(H,49,50,51). The number of rotatable bonds is 13. The number of para-hydroxylation sites is 1. The van der Waals surface area contributed by atoms with Gasteiger partial charge in [-0.1, -0.05) is 25.3 Å². The minimum absolute atomic E-state index is 0.0930. The van der Waals surface area contributed by atoms with Gasteiger partial charge in [0.2, 0.25) is 5.88 Å². The van der Waals surface area contributed by atoms with E-state index in [9.17, 15) is 54.4 Å². The number of hydrogen-bond donors (Lipinski definition) is 6. The highest BCUT2D eigenvalue weighted by Gasteiger charge is 2.27.